The zero-order valence-corrected chi connectivity index (χ0v) is 74.9. The van der Waals surface area contributed by atoms with Crippen LogP contribution < -0.4 is 0 Å². The van der Waals surface area contributed by atoms with Gasteiger partial charge in [0.25, 0.3) is 0 Å². The average Bonchev–Trinajstić information content (AvgIpc) is 1.68. The average molecular weight is 1680 g/mol. The van der Waals surface area contributed by atoms with Crippen molar-refractivity contribution in [2.75, 3.05) is 52.9 Å². The Morgan fingerprint density at radius 3 is 1.03 bits per heavy atom. The number of fused-ring (bicyclic) bond motifs is 12. The number of Topliss-reactive ketones (excluding diaryl/α,β-unsaturated/α-hetero) is 3. The lowest BCUT2D eigenvalue weighted by atomic mass is 9.48. The van der Waals surface area contributed by atoms with E-state index in [1.165, 1.54) is 46.6 Å². The Morgan fingerprint density at radius 1 is 0.358 bits per heavy atom. The van der Waals surface area contributed by atoms with Gasteiger partial charge in [-0.05, 0) is 185 Å². The Labute approximate surface area is 728 Å². The summed E-state index contributed by atoms with van der Waals surface area (Å²) >= 11 is 0. The van der Waals surface area contributed by atoms with Crippen LogP contribution in [-0.4, -0.2) is 138 Å². The molecule has 8 heterocycles. The van der Waals surface area contributed by atoms with E-state index in [0.717, 1.165) is 163 Å². The van der Waals surface area contributed by atoms with Gasteiger partial charge < -0.3 is 43.0 Å². The van der Waals surface area contributed by atoms with Crippen molar-refractivity contribution in [1.82, 2.24) is 39.1 Å². The summed E-state index contributed by atoms with van der Waals surface area (Å²) in [6.45, 7) is 39.2. The van der Waals surface area contributed by atoms with Gasteiger partial charge in [-0.3, -0.25) is 14.4 Å². The summed E-state index contributed by atoms with van der Waals surface area (Å²) in [6, 6.07) is 41.2. The lowest BCUT2D eigenvalue weighted by Crippen LogP contribution is -2.62. The predicted molar refractivity (Wildman–Crippen MR) is 473 cm³/mol. The first-order valence-electron chi connectivity index (χ1n) is 45.8. The third-order valence-electron chi connectivity index (χ3n) is 34.5. The fourth-order valence-electron chi connectivity index (χ4n) is 27.5. The van der Waals surface area contributed by atoms with E-state index < -0.39 is 34.0 Å². The lowest BCUT2D eigenvalue weighted by Gasteiger charge is -2.59. The van der Waals surface area contributed by atoms with Gasteiger partial charge in [0, 0.05) is 110 Å². The molecule has 4 saturated heterocycles. The Balaban J connectivity index is 0.000000109. The van der Waals surface area contributed by atoms with Crippen molar-refractivity contribution < 1.29 is 57.4 Å². The third kappa shape index (κ3) is 13.5. The van der Waals surface area contributed by atoms with Crippen LogP contribution in [-0.2, 0) is 89.4 Å². The molecule has 10 aliphatic carbocycles. The number of para-hydroxylation sites is 4. The van der Waals surface area contributed by atoms with Gasteiger partial charge in [-0.1, -0.05) is 184 Å². The zero-order valence-electron chi connectivity index (χ0n) is 74.9. The SMILES string of the molecule is C.CC1(C)C(=O)CC[C@]2(C)c3nn(-c4ccccc4)cc3CC[C@@H]12.CC1(C)[C@@H]2CC/C(=C\O)C(=O)[C@@]2(C)CCC12OCCO2.CC1(C)[C@@H]2CCc3cn(-c4ccccc4)nc3[C@@]2(C)CCC12OCCO2.CC1(C)[C@@H]2CCc3cn(-c4ccccc4)nc3[C@@]2(C)CCC12OCCO2.CC1(C)[C@@H]2Cc3c(cnn3-c3ccccc3)C(=O)[C@@]2(C)CCC12OCCO2. The quantitative estimate of drug-likeness (QED) is 0.128. The molecule has 14 aliphatic rings. The van der Waals surface area contributed by atoms with Crippen molar-refractivity contribution in [3.8, 4) is 22.7 Å². The fraction of sp³-hybridized carbons (Fsp3) is 0.602. The molecule has 10 atom stereocenters. The van der Waals surface area contributed by atoms with Crippen LogP contribution in [0.1, 0.15) is 257 Å². The van der Waals surface area contributed by atoms with Gasteiger partial charge >= 0.3 is 0 Å². The number of hydrogen-bond acceptors (Lipinski definition) is 16. The first-order chi connectivity index (χ1) is 58.1. The van der Waals surface area contributed by atoms with E-state index in [-0.39, 0.29) is 74.1 Å². The van der Waals surface area contributed by atoms with Gasteiger partial charge in [0.05, 0.1) is 116 Å². The third-order valence-corrected chi connectivity index (χ3v) is 34.5. The van der Waals surface area contributed by atoms with Crippen molar-refractivity contribution in [1.29, 1.82) is 0 Å². The minimum atomic E-state index is -0.577. The van der Waals surface area contributed by atoms with Gasteiger partial charge in [0.2, 0.25) is 0 Å². The lowest BCUT2D eigenvalue weighted by molar-refractivity contribution is -0.281. The highest BCUT2D eigenvalue weighted by Gasteiger charge is 2.70. The number of hydrogen-bond donors (Lipinski definition) is 1. The monoisotopic (exact) mass is 1680 g/mol. The number of ketones is 3. The number of rotatable bonds is 4. The molecule has 0 amide bonds. The highest BCUT2D eigenvalue weighted by Crippen LogP contribution is 2.68. The highest BCUT2D eigenvalue weighted by molar-refractivity contribution is 6.03. The summed E-state index contributed by atoms with van der Waals surface area (Å²) in [5, 5.41) is 29.0. The van der Waals surface area contributed by atoms with Crippen LogP contribution in [0.4, 0.5) is 0 Å². The first kappa shape index (κ1) is 87.0. The maximum atomic E-state index is 13.6. The molecule has 1 N–H and O–H groups in total. The van der Waals surface area contributed by atoms with Gasteiger partial charge in [0.15, 0.2) is 34.7 Å². The molecule has 658 valence electrons. The fourth-order valence-corrected chi connectivity index (χ4v) is 27.5. The van der Waals surface area contributed by atoms with Gasteiger partial charge in [-0.15, -0.1) is 0 Å². The van der Waals surface area contributed by atoms with E-state index in [9.17, 15) is 19.5 Å². The number of benzene rings is 4. The van der Waals surface area contributed by atoms with Crippen LogP contribution in [0.15, 0.2) is 158 Å². The molecule has 0 unspecified atom stereocenters. The number of aryl methyl sites for hydroxylation is 3. The van der Waals surface area contributed by atoms with Crippen molar-refractivity contribution >= 4 is 17.3 Å². The molecular formula is C103H134N8O12. The largest absolute Gasteiger partial charge is 0.515 e. The number of ether oxygens (including phenoxy) is 8. The predicted octanol–water partition coefficient (Wildman–Crippen LogP) is 20.0. The number of carbonyl (C=O) groups is 3. The summed E-state index contributed by atoms with van der Waals surface area (Å²) in [7, 11) is 0. The Morgan fingerprint density at radius 2 is 0.667 bits per heavy atom. The molecule has 8 aromatic rings. The smallest absolute Gasteiger partial charge is 0.173 e. The van der Waals surface area contributed by atoms with Crippen molar-refractivity contribution in [3.05, 3.63) is 203 Å². The van der Waals surface area contributed by atoms with Crippen molar-refractivity contribution in [2.24, 2.45) is 67.5 Å². The van der Waals surface area contributed by atoms with E-state index in [4.69, 9.17) is 53.2 Å². The molecule has 6 saturated carbocycles. The molecule has 10 fully saturated rings. The molecule has 4 aliphatic heterocycles. The molecule has 20 heteroatoms. The Hall–Kier alpha value is -8.05. The van der Waals surface area contributed by atoms with Crippen LogP contribution in [0.3, 0.4) is 0 Å². The Bertz CT molecular complexity index is 5110. The number of carbonyl (C=O) groups excluding carboxylic acids is 3. The first-order valence-corrected chi connectivity index (χ1v) is 45.8. The number of nitrogens with zero attached hydrogens (tertiary/aromatic N) is 8. The molecule has 123 heavy (non-hydrogen) atoms. The number of allylic oxidation sites excluding steroid dienone is 1. The van der Waals surface area contributed by atoms with Crippen LogP contribution >= 0.6 is 0 Å². The van der Waals surface area contributed by atoms with Crippen LogP contribution in [0.2, 0.25) is 0 Å². The molecule has 0 radical (unpaired) electrons. The summed E-state index contributed by atoms with van der Waals surface area (Å²) in [6.07, 6.45) is 27.1. The van der Waals surface area contributed by atoms with Gasteiger partial charge in [-0.25, -0.2) is 18.7 Å². The van der Waals surface area contributed by atoms with Crippen molar-refractivity contribution in [3.63, 3.8) is 0 Å². The topological polar surface area (TPSA) is 217 Å². The second-order valence-electron chi connectivity index (χ2n) is 42.0. The summed E-state index contributed by atoms with van der Waals surface area (Å²) in [4.78, 5) is 38.7. The maximum Gasteiger partial charge on any atom is 0.173 e. The molecule has 22 rings (SSSR count). The standard InChI is InChI=1S/C22H26N2O3.2C22H28N2O2.C20H24N2O.C16H24O4.CH4/c1-20(2)18-13-17-16(14-23-24(17)15-7-5-4-6-8-15)19(25)21(18,3)9-10-22(20)26-11-12-27-22;2*1-20(2)18-10-9-16-15-24(17-7-5-4-6-8-17)23-19(16)21(18,3)11-12-22(20)25-13-14-26-22;1-19(2)16-10-9-14-13-22(15-7-5-4-6-8-15)21-18(14)20(16,3)12-11-17(19)23;1-14(2)12-5-4-11(10-17)13(18)15(12,3)6-7-16(14)19-8-9-20-16;/h4-8,14,18H,9-13H2,1-3H3;2*4-8,15,18H,9-14H2,1-3H3;4-8,13,16H,9-12H2,1-3H3;10,12,17H,4-9H2,1-3H3;1H4/b;;;;11-10+;/t3*18-,21-;16-,20-;12-,15-;/m00000./s1. The molecular weight excluding hydrogens is 1540 g/mol. The maximum absolute atomic E-state index is 13.6. The molecule has 4 spiro atoms. The summed E-state index contributed by atoms with van der Waals surface area (Å²) in [5.41, 5.74) is 13.3. The van der Waals surface area contributed by atoms with Gasteiger partial charge in [0.1, 0.15) is 5.78 Å². The normalized spacial score (nSPS) is 32.2. The zero-order chi connectivity index (χ0) is 85.7. The van der Waals surface area contributed by atoms with E-state index >= 15 is 0 Å². The van der Waals surface area contributed by atoms with E-state index in [2.05, 4.69) is 203 Å². The van der Waals surface area contributed by atoms with Gasteiger partial charge in [-0.2, -0.15) is 20.4 Å². The van der Waals surface area contributed by atoms with E-state index in [1.54, 1.807) is 6.20 Å². The van der Waals surface area contributed by atoms with Crippen LogP contribution in [0.5, 0.6) is 0 Å². The van der Waals surface area contributed by atoms with Crippen LogP contribution in [0, 0.1) is 67.5 Å². The Kier molecular flexibility index (Phi) is 22.3. The van der Waals surface area contributed by atoms with Crippen molar-refractivity contribution in [2.45, 2.75) is 273 Å². The number of aliphatic hydroxyl groups is 1. The van der Waals surface area contributed by atoms with E-state index in [0.29, 0.717) is 68.4 Å². The molecule has 4 aromatic carbocycles. The second kappa shape index (κ2) is 31.5. The number of aromatic nitrogens is 8. The minimum Gasteiger partial charge on any atom is -0.515 e. The minimum absolute atomic E-state index is 0. The second-order valence-corrected chi connectivity index (χ2v) is 42.0. The highest BCUT2D eigenvalue weighted by atomic mass is 16.8. The van der Waals surface area contributed by atoms with E-state index in [1.807, 2.05) is 64.8 Å². The summed E-state index contributed by atoms with van der Waals surface area (Å²) in [5.74, 6) is 0.594. The molecule has 4 aromatic heterocycles. The number of aliphatic hydroxyl groups excluding tert-OH is 1. The molecule has 0 bridgehead atoms. The molecule has 20 nitrogen and oxygen atoms in total. The van der Waals surface area contributed by atoms with Crippen LogP contribution in [0.25, 0.3) is 22.7 Å². The summed E-state index contributed by atoms with van der Waals surface area (Å²) < 4.78 is 57.2.